The highest BCUT2D eigenvalue weighted by Crippen LogP contribution is 2.38. The molecule has 86 valence electrons. The van der Waals surface area contributed by atoms with Gasteiger partial charge in [-0.1, -0.05) is 19.1 Å². The van der Waals surface area contributed by atoms with Crippen molar-refractivity contribution < 1.29 is 9.18 Å². The smallest absolute Gasteiger partial charge is 0.221 e. The van der Waals surface area contributed by atoms with Crippen molar-refractivity contribution in [1.82, 2.24) is 5.32 Å². The van der Waals surface area contributed by atoms with E-state index < -0.39 is 0 Å². The Morgan fingerprint density at radius 2 is 2.06 bits per heavy atom. The number of carbonyl (C=O) groups excluding carboxylic acids is 1. The van der Waals surface area contributed by atoms with E-state index in [1.807, 2.05) is 6.92 Å². The molecule has 0 aromatic heterocycles. The van der Waals surface area contributed by atoms with Crippen molar-refractivity contribution >= 4 is 5.91 Å². The number of benzene rings is 1. The SMILES string of the molecule is CCC1(c2ccc(F)cc2)CC(=O)NC1C. The number of carbonyl (C=O) groups is 1. The summed E-state index contributed by atoms with van der Waals surface area (Å²) in [7, 11) is 0. The lowest BCUT2D eigenvalue weighted by molar-refractivity contribution is -0.119. The molecule has 2 rings (SSSR count). The molecule has 1 saturated heterocycles. The van der Waals surface area contributed by atoms with E-state index in [0.29, 0.717) is 6.42 Å². The Morgan fingerprint density at radius 3 is 2.50 bits per heavy atom. The number of halogens is 1. The minimum atomic E-state index is -0.236. The summed E-state index contributed by atoms with van der Waals surface area (Å²) >= 11 is 0. The molecule has 1 aliphatic rings. The minimum Gasteiger partial charge on any atom is -0.353 e. The zero-order valence-corrected chi connectivity index (χ0v) is 9.59. The molecule has 0 spiro atoms. The van der Waals surface area contributed by atoms with Gasteiger partial charge in [0.25, 0.3) is 0 Å². The third kappa shape index (κ3) is 1.60. The van der Waals surface area contributed by atoms with Crippen molar-refractivity contribution in [2.24, 2.45) is 0 Å². The van der Waals surface area contributed by atoms with Gasteiger partial charge < -0.3 is 5.32 Å². The Kier molecular flexibility index (Phi) is 2.70. The summed E-state index contributed by atoms with van der Waals surface area (Å²) < 4.78 is 12.9. The highest BCUT2D eigenvalue weighted by atomic mass is 19.1. The maximum Gasteiger partial charge on any atom is 0.221 e. The third-order valence-corrected chi connectivity index (χ3v) is 3.73. The van der Waals surface area contributed by atoms with Crippen LogP contribution in [0.1, 0.15) is 32.3 Å². The van der Waals surface area contributed by atoms with Crippen molar-refractivity contribution in [2.75, 3.05) is 0 Å². The molecular weight excluding hydrogens is 205 g/mol. The zero-order chi connectivity index (χ0) is 11.8. The average Bonchev–Trinajstić information content (AvgIpc) is 2.55. The predicted molar refractivity (Wildman–Crippen MR) is 60.6 cm³/mol. The van der Waals surface area contributed by atoms with Crippen molar-refractivity contribution in [2.45, 2.75) is 38.1 Å². The molecule has 1 heterocycles. The lowest BCUT2D eigenvalue weighted by Crippen LogP contribution is -2.37. The second kappa shape index (κ2) is 3.89. The van der Waals surface area contributed by atoms with Crippen LogP contribution in [0.25, 0.3) is 0 Å². The first kappa shape index (κ1) is 11.1. The van der Waals surface area contributed by atoms with Crippen molar-refractivity contribution in [3.05, 3.63) is 35.6 Å². The topological polar surface area (TPSA) is 29.1 Å². The molecule has 1 aromatic rings. The number of nitrogens with one attached hydrogen (secondary N) is 1. The Bertz CT molecular complexity index is 401. The highest BCUT2D eigenvalue weighted by molar-refractivity contribution is 5.81. The summed E-state index contributed by atoms with van der Waals surface area (Å²) in [6, 6.07) is 6.60. The number of amides is 1. The van der Waals surface area contributed by atoms with Crippen LogP contribution in [0.2, 0.25) is 0 Å². The van der Waals surface area contributed by atoms with Gasteiger partial charge in [-0.2, -0.15) is 0 Å². The summed E-state index contributed by atoms with van der Waals surface area (Å²) in [6.07, 6.45) is 1.37. The van der Waals surface area contributed by atoms with Gasteiger partial charge in [0, 0.05) is 17.9 Å². The van der Waals surface area contributed by atoms with Gasteiger partial charge >= 0.3 is 0 Å². The number of hydrogen-bond acceptors (Lipinski definition) is 1. The summed E-state index contributed by atoms with van der Waals surface area (Å²) in [6.45, 7) is 4.08. The van der Waals surface area contributed by atoms with E-state index >= 15 is 0 Å². The molecule has 16 heavy (non-hydrogen) atoms. The van der Waals surface area contributed by atoms with Gasteiger partial charge in [0.05, 0.1) is 0 Å². The van der Waals surface area contributed by atoms with Crippen LogP contribution in [0.3, 0.4) is 0 Å². The van der Waals surface area contributed by atoms with Crippen LogP contribution in [0, 0.1) is 5.82 Å². The molecule has 2 unspecified atom stereocenters. The van der Waals surface area contributed by atoms with E-state index in [1.165, 1.54) is 12.1 Å². The lowest BCUT2D eigenvalue weighted by atomic mass is 9.73. The fourth-order valence-electron chi connectivity index (χ4n) is 2.64. The largest absolute Gasteiger partial charge is 0.353 e. The Morgan fingerprint density at radius 1 is 1.44 bits per heavy atom. The summed E-state index contributed by atoms with van der Waals surface area (Å²) in [5, 5.41) is 2.94. The molecule has 0 saturated carbocycles. The number of hydrogen-bond donors (Lipinski definition) is 1. The van der Waals surface area contributed by atoms with E-state index in [9.17, 15) is 9.18 Å². The molecular formula is C13H16FNO. The standard InChI is InChI=1S/C13H16FNO/c1-3-13(8-12(16)15-9(13)2)10-4-6-11(14)7-5-10/h4-7,9H,3,8H2,1-2H3,(H,15,16). The number of rotatable bonds is 2. The van der Waals surface area contributed by atoms with E-state index in [2.05, 4.69) is 12.2 Å². The molecule has 2 atom stereocenters. The molecule has 0 aliphatic carbocycles. The molecule has 0 radical (unpaired) electrons. The monoisotopic (exact) mass is 221 g/mol. The van der Waals surface area contributed by atoms with Gasteiger partial charge in [-0.3, -0.25) is 4.79 Å². The lowest BCUT2D eigenvalue weighted by Gasteiger charge is -2.31. The van der Waals surface area contributed by atoms with Crippen molar-refractivity contribution in [3.63, 3.8) is 0 Å². The Labute approximate surface area is 94.9 Å². The fraction of sp³-hybridized carbons (Fsp3) is 0.462. The Balaban J connectivity index is 2.42. The van der Waals surface area contributed by atoms with Crippen LogP contribution in [-0.2, 0) is 10.2 Å². The quantitative estimate of drug-likeness (QED) is 0.816. The third-order valence-electron chi connectivity index (χ3n) is 3.73. The van der Waals surface area contributed by atoms with Crippen LogP contribution >= 0.6 is 0 Å². The van der Waals surface area contributed by atoms with Crippen LogP contribution in [0.4, 0.5) is 4.39 Å². The average molecular weight is 221 g/mol. The van der Waals surface area contributed by atoms with Crippen LogP contribution in [0.5, 0.6) is 0 Å². The van der Waals surface area contributed by atoms with Crippen LogP contribution in [0.15, 0.2) is 24.3 Å². The summed E-state index contributed by atoms with van der Waals surface area (Å²) in [5.41, 5.74) is 0.868. The molecule has 1 N–H and O–H groups in total. The molecule has 3 heteroatoms. The molecule has 2 nitrogen and oxygen atoms in total. The van der Waals surface area contributed by atoms with E-state index in [4.69, 9.17) is 0 Å². The molecule has 0 bridgehead atoms. The summed E-state index contributed by atoms with van der Waals surface area (Å²) in [5.74, 6) is -0.154. The normalized spacial score (nSPS) is 29.2. The van der Waals surface area contributed by atoms with Crippen LogP contribution in [-0.4, -0.2) is 11.9 Å². The first-order valence-corrected chi connectivity index (χ1v) is 5.64. The first-order valence-electron chi connectivity index (χ1n) is 5.64. The Hall–Kier alpha value is -1.38. The van der Waals surface area contributed by atoms with Gasteiger partial charge in [0.15, 0.2) is 0 Å². The second-order valence-electron chi connectivity index (χ2n) is 4.48. The molecule has 1 amide bonds. The van der Waals surface area contributed by atoms with Gasteiger partial charge in [-0.25, -0.2) is 4.39 Å². The van der Waals surface area contributed by atoms with Crippen LogP contribution < -0.4 is 5.32 Å². The van der Waals surface area contributed by atoms with E-state index in [0.717, 1.165) is 12.0 Å². The van der Waals surface area contributed by atoms with Gasteiger partial charge in [-0.15, -0.1) is 0 Å². The van der Waals surface area contributed by atoms with Crippen molar-refractivity contribution in [3.8, 4) is 0 Å². The van der Waals surface area contributed by atoms with Gasteiger partial charge in [0.2, 0.25) is 5.91 Å². The van der Waals surface area contributed by atoms with E-state index in [-0.39, 0.29) is 23.2 Å². The van der Waals surface area contributed by atoms with Crippen molar-refractivity contribution in [1.29, 1.82) is 0 Å². The summed E-state index contributed by atoms with van der Waals surface area (Å²) in [4.78, 5) is 11.5. The van der Waals surface area contributed by atoms with E-state index in [1.54, 1.807) is 12.1 Å². The highest BCUT2D eigenvalue weighted by Gasteiger charge is 2.44. The maximum absolute atomic E-state index is 12.9. The minimum absolute atomic E-state index is 0.0821. The second-order valence-corrected chi connectivity index (χ2v) is 4.48. The van der Waals surface area contributed by atoms with Gasteiger partial charge in [0.1, 0.15) is 5.82 Å². The predicted octanol–water partition coefficient (Wildman–Crippen LogP) is 2.38. The molecule has 1 aromatic carbocycles. The fourth-order valence-corrected chi connectivity index (χ4v) is 2.64. The van der Waals surface area contributed by atoms with Gasteiger partial charge in [-0.05, 0) is 31.0 Å². The molecule has 1 aliphatic heterocycles. The zero-order valence-electron chi connectivity index (χ0n) is 9.59. The first-order chi connectivity index (χ1) is 7.58. The maximum atomic E-state index is 12.9. The molecule has 1 fully saturated rings.